The smallest absolute Gasteiger partial charge is 0.243 e. The minimum Gasteiger partial charge on any atom is -0.375 e. The van der Waals surface area contributed by atoms with Crippen molar-refractivity contribution >= 4 is 11.9 Å². The molecular formula is C16H28N4O3. The summed E-state index contributed by atoms with van der Waals surface area (Å²) in [7, 11) is 3.47. The van der Waals surface area contributed by atoms with Gasteiger partial charge in [-0.2, -0.15) is 0 Å². The predicted octanol–water partition coefficient (Wildman–Crippen LogP) is 0.0860. The van der Waals surface area contributed by atoms with Gasteiger partial charge < -0.3 is 24.6 Å². The summed E-state index contributed by atoms with van der Waals surface area (Å²) in [5.41, 5.74) is 0. The third-order valence-electron chi connectivity index (χ3n) is 4.04. The number of rotatable bonds is 5. The molecule has 2 rings (SSSR count). The lowest BCUT2D eigenvalue weighted by atomic mass is 10.1. The normalized spacial score (nSPS) is 25.3. The van der Waals surface area contributed by atoms with Gasteiger partial charge in [0.25, 0.3) is 0 Å². The van der Waals surface area contributed by atoms with Crippen molar-refractivity contribution in [1.29, 1.82) is 0 Å². The second-order valence-electron chi connectivity index (χ2n) is 6.00. The summed E-state index contributed by atoms with van der Waals surface area (Å²) in [6, 6.07) is 0. The molecule has 130 valence electrons. The Morgan fingerprint density at radius 1 is 1.39 bits per heavy atom. The molecule has 2 aliphatic heterocycles. The number of hydrogen-bond acceptors (Lipinski definition) is 4. The van der Waals surface area contributed by atoms with E-state index in [0.717, 1.165) is 38.5 Å². The Hall–Kier alpha value is -1.60. The molecular weight excluding hydrogens is 296 g/mol. The van der Waals surface area contributed by atoms with Crippen molar-refractivity contribution < 1.29 is 14.3 Å². The Bertz CT molecular complexity index is 433. The molecule has 0 bridgehead atoms. The Balaban J connectivity index is 1.99. The molecule has 23 heavy (non-hydrogen) atoms. The first-order chi connectivity index (χ1) is 11.1. The van der Waals surface area contributed by atoms with Crippen LogP contribution in [0.4, 0.5) is 0 Å². The number of nitrogens with zero attached hydrogens (tertiary/aromatic N) is 3. The van der Waals surface area contributed by atoms with Gasteiger partial charge in [0.05, 0.1) is 12.7 Å². The highest BCUT2D eigenvalue weighted by Crippen LogP contribution is 2.21. The molecule has 1 N–H and O–H groups in total. The number of guanidine groups is 1. The topological polar surface area (TPSA) is 66.4 Å². The van der Waals surface area contributed by atoms with E-state index in [1.54, 1.807) is 25.1 Å². The third-order valence-corrected chi connectivity index (χ3v) is 4.04. The standard InChI is InChI=1S/C16H28N4O3/c1-4-7-17-16(18-11-15(21)19(2)3)20-8-10-23-14(12-20)13-6-5-9-22-13/h4,13-14H,1,5-12H2,2-3H3,(H,17,18). The van der Waals surface area contributed by atoms with Gasteiger partial charge in [-0.15, -0.1) is 6.58 Å². The molecule has 2 fully saturated rings. The number of morpholine rings is 1. The molecule has 2 heterocycles. The summed E-state index contributed by atoms with van der Waals surface area (Å²) in [4.78, 5) is 19.9. The van der Waals surface area contributed by atoms with Crippen molar-refractivity contribution in [3.8, 4) is 0 Å². The number of aliphatic imine (C=N–C) groups is 1. The molecule has 1 amide bonds. The van der Waals surface area contributed by atoms with Crippen LogP contribution in [0.3, 0.4) is 0 Å². The van der Waals surface area contributed by atoms with Crippen LogP contribution >= 0.6 is 0 Å². The molecule has 0 spiro atoms. The highest BCUT2D eigenvalue weighted by molar-refractivity contribution is 5.85. The van der Waals surface area contributed by atoms with Gasteiger partial charge in [-0.3, -0.25) is 4.79 Å². The van der Waals surface area contributed by atoms with E-state index in [4.69, 9.17) is 9.47 Å². The average Bonchev–Trinajstić information content (AvgIpc) is 3.09. The lowest BCUT2D eigenvalue weighted by Crippen LogP contribution is -2.53. The van der Waals surface area contributed by atoms with Crippen LogP contribution in [0, 0.1) is 0 Å². The SMILES string of the molecule is C=CCNC(=NCC(=O)N(C)C)N1CCOC(C2CCCO2)C1. The number of carbonyl (C=O) groups is 1. The van der Waals surface area contributed by atoms with Gasteiger partial charge in [0, 0.05) is 40.3 Å². The van der Waals surface area contributed by atoms with E-state index >= 15 is 0 Å². The third kappa shape index (κ3) is 5.21. The summed E-state index contributed by atoms with van der Waals surface area (Å²) in [5, 5.41) is 3.24. The van der Waals surface area contributed by atoms with Gasteiger partial charge in [0.15, 0.2) is 5.96 Å². The van der Waals surface area contributed by atoms with Gasteiger partial charge in [0.1, 0.15) is 12.6 Å². The quantitative estimate of drug-likeness (QED) is 0.441. The highest BCUT2D eigenvalue weighted by atomic mass is 16.5. The van der Waals surface area contributed by atoms with Crippen molar-refractivity contribution in [3.05, 3.63) is 12.7 Å². The molecule has 2 unspecified atom stereocenters. The fourth-order valence-corrected chi connectivity index (χ4v) is 2.70. The number of likely N-dealkylation sites (N-methyl/N-ethyl adjacent to an activating group) is 1. The largest absolute Gasteiger partial charge is 0.375 e. The summed E-state index contributed by atoms with van der Waals surface area (Å²) < 4.78 is 11.6. The Morgan fingerprint density at radius 3 is 2.83 bits per heavy atom. The van der Waals surface area contributed by atoms with Gasteiger partial charge in [-0.05, 0) is 12.8 Å². The second kappa shape index (κ2) is 8.88. The molecule has 0 aromatic rings. The van der Waals surface area contributed by atoms with Crippen molar-refractivity contribution in [3.63, 3.8) is 0 Å². The summed E-state index contributed by atoms with van der Waals surface area (Å²) in [6.07, 6.45) is 4.15. The van der Waals surface area contributed by atoms with Crippen LogP contribution in [0.15, 0.2) is 17.6 Å². The van der Waals surface area contributed by atoms with Crippen LogP contribution in [0.2, 0.25) is 0 Å². The van der Waals surface area contributed by atoms with E-state index in [1.807, 2.05) is 0 Å². The molecule has 2 atom stereocenters. The summed E-state index contributed by atoms with van der Waals surface area (Å²) >= 11 is 0. The van der Waals surface area contributed by atoms with Crippen molar-refractivity contribution in [2.45, 2.75) is 25.0 Å². The zero-order valence-electron chi connectivity index (χ0n) is 14.2. The van der Waals surface area contributed by atoms with Gasteiger partial charge in [0.2, 0.25) is 5.91 Å². The van der Waals surface area contributed by atoms with Crippen LogP contribution in [-0.2, 0) is 14.3 Å². The molecule has 0 radical (unpaired) electrons. The average molecular weight is 324 g/mol. The van der Waals surface area contributed by atoms with E-state index < -0.39 is 0 Å². The fourth-order valence-electron chi connectivity index (χ4n) is 2.70. The van der Waals surface area contributed by atoms with Crippen LogP contribution in [0.5, 0.6) is 0 Å². The molecule has 0 saturated carbocycles. The van der Waals surface area contributed by atoms with Crippen molar-refractivity contribution in [2.75, 3.05) is 53.5 Å². The van der Waals surface area contributed by atoms with Crippen molar-refractivity contribution in [2.24, 2.45) is 4.99 Å². The highest BCUT2D eigenvalue weighted by Gasteiger charge is 2.32. The summed E-state index contributed by atoms with van der Waals surface area (Å²) in [6.45, 7) is 7.40. The first-order valence-electron chi connectivity index (χ1n) is 8.19. The Morgan fingerprint density at radius 2 is 2.17 bits per heavy atom. The van der Waals surface area contributed by atoms with Gasteiger partial charge in [-0.25, -0.2) is 4.99 Å². The second-order valence-corrected chi connectivity index (χ2v) is 6.00. The molecule has 7 heteroatoms. The maximum Gasteiger partial charge on any atom is 0.243 e. The maximum absolute atomic E-state index is 11.8. The van der Waals surface area contributed by atoms with E-state index in [0.29, 0.717) is 13.2 Å². The zero-order valence-corrected chi connectivity index (χ0v) is 14.2. The number of nitrogens with one attached hydrogen (secondary N) is 1. The van der Waals surface area contributed by atoms with Gasteiger partial charge in [-0.1, -0.05) is 6.08 Å². The predicted molar refractivity (Wildman–Crippen MR) is 89.5 cm³/mol. The maximum atomic E-state index is 11.8. The number of ether oxygens (including phenoxy) is 2. The first-order valence-corrected chi connectivity index (χ1v) is 8.19. The van der Waals surface area contributed by atoms with Crippen LogP contribution in [0.25, 0.3) is 0 Å². The number of hydrogen-bond donors (Lipinski definition) is 1. The monoisotopic (exact) mass is 324 g/mol. The van der Waals surface area contributed by atoms with E-state index in [-0.39, 0.29) is 24.7 Å². The number of carbonyl (C=O) groups excluding carboxylic acids is 1. The van der Waals surface area contributed by atoms with Crippen LogP contribution in [0.1, 0.15) is 12.8 Å². The Labute approximate surface area is 138 Å². The lowest BCUT2D eigenvalue weighted by molar-refractivity contribution is -0.127. The first kappa shape index (κ1) is 17.7. The van der Waals surface area contributed by atoms with Crippen molar-refractivity contribution in [1.82, 2.24) is 15.1 Å². The zero-order chi connectivity index (χ0) is 16.7. The van der Waals surface area contributed by atoms with E-state index in [9.17, 15) is 4.79 Å². The molecule has 7 nitrogen and oxygen atoms in total. The molecule has 0 aromatic heterocycles. The lowest BCUT2D eigenvalue weighted by Gasteiger charge is -2.37. The minimum atomic E-state index is -0.0214. The van der Waals surface area contributed by atoms with Crippen LogP contribution < -0.4 is 5.32 Å². The molecule has 2 saturated heterocycles. The van der Waals surface area contributed by atoms with Gasteiger partial charge >= 0.3 is 0 Å². The molecule has 0 aliphatic carbocycles. The fraction of sp³-hybridized carbons (Fsp3) is 0.750. The number of amides is 1. The minimum absolute atomic E-state index is 0.0214. The van der Waals surface area contributed by atoms with E-state index in [1.165, 1.54) is 0 Å². The molecule has 0 aromatic carbocycles. The van der Waals surface area contributed by atoms with Crippen LogP contribution in [-0.4, -0.2) is 87.4 Å². The molecule has 2 aliphatic rings. The summed E-state index contributed by atoms with van der Waals surface area (Å²) in [5.74, 6) is 0.707. The van der Waals surface area contributed by atoms with E-state index in [2.05, 4.69) is 21.8 Å². The Kier molecular flexibility index (Phi) is 6.85.